The molecule has 3 aliphatic rings. The highest BCUT2D eigenvalue weighted by atomic mass is 16.3. The van der Waals surface area contributed by atoms with Gasteiger partial charge in [0.15, 0.2) is 0 Å². The molecule has 0 amide bonds. The third-order valence-corrected chi connectivity index (χ3v) is 8.39. The smallest absolute Gasteiger partial charge is 0.0784 e. The Hall–Kier alpha value is -0.820. The van der Waals surface area contributed by atoms with E-state index in [1.54, 1.807) is 5.57 Å². The number of aliphatic hydroxyl groups is 1. The van der Waals surface area contributed by atoms with Gasteiger partial charge in [0.1, 0.15) is 0 Å². The topological polar surface area (TPSA) is 20.2 Å². The summed E-state index contributed by atoms with van der Waals surface area (Å²) in [6.07, 6.45) is 18.4. The minimum atomic E-state index is -0.322. The molecule has 1 N–H and O–H groups in total. The summed E-state index contributed by atoms with van der Waals surface area (Å²) in [7, 11) is 0. The quantitative estimate of drug-likeness (QED) is 0.431. The molecule has 0 aromatic carbocycles. The highest BCUT2D eigenvalue weighted by molar-refractivity contribution is 5.28. The number of hydrogen-bond acceptors (Lipinski definition) is 1. The van der Waals surface area contributed by atoms with E-state index in [0.29, 0.717) is 5.41 Å². The van der Waals surface area contributed by atoms with E-state index in [9.17, 15) is 5.11 Å². The van der Waals surface area contributed by atoms with Crippen LogP contribution in [0.5, 0.6) is 0 Å². The first-order chi connectivity index (χ1) is 14.3. The molecule has 30 heavy (non-hydrogen) atoms. The van der Waals surface area contributed by atoms with E-state index >= 15 is 0 Å². The van der Waals surface area contributed by atoms with E-state index in [2.05, 4.69) is 46.4 Å². The molecule has 0 aromatic heterocycles. The van der Waals surface area contributed by atoms with Crippen molar-refractivity contribution in [3.63, 3.8) is 0 Å². The van der Waals surface area contributed by atoms with Crippen LogP contribution in [0.25, 0.3) is 0 Å². The Morgan fingerprint density at radius 3 is 2.47 bits per heavy atom. The summed E-state index contributed by atoms with van der Waals surface area (Å²) < 4.78 is 0. The molecule has 1 heteroatoms. The lowest BCUT2D eigenvalue weighted by atomic mass is 9.60. The molecule has 0 spiro atoms. The highest BCUT2D eigenvalue weighted by Crippen LogP contribution is 2.59. The van der Waals surface area contributed by atoms with Crippen molar-refractivity contribution in [3.05, 3.63) is 35.5 Å². The zero-order valence-electron chi connectivity index (χ0n) is 21.0. The second-order valence-electron chi connectivity index (χ2n) is 10.8. The molecule has 4 unspecified atom stereocenters. The zero-order chi connectivity index (χ0) is 22.3. The summed E-state index contributed by atoms with van der Waals surface area (Å²) in [4.78, 5) is 0. The van der Waals surface area contributed by atoms with Crippen molar-refractivity contribution in [1.82, 2.24) is 0 Å². The van der Waals surface area contributed by atoms with Crippen LogP contribution < -0.4 is 0 Å². The Bertz CT molecular complexity index is 610. The second kappa shape index (κ2) is 11.7. The minimum Gasteiger partial charge on any atom is -0.388 e. The molecule has 1 nitrogen and oxygen atoms in total. The molecular weight excluding hydrogens is 364 g/mol. The van der Waals surface area contributed by atoms with Crippen LogP contribution in [0.2, 0.25) is 0 Å². The van der Waals surface area contributed by atoms with Crippen LogP contribution in [0, 0.1) is 29.1 Å². The summed E-state index contributed by atoms with van der Waals surface area (Å²) >= 11 is 0. The minimum absolute atomic E-state index is 0.322. The van der Waals surface area contributed by atoms with Crippen LogP contribution in [0.15, 0.2) is 35.5 Å². The van der Waals surface area contributed by atoms with Gasteiger partial charge in [0, 0.05) is 0 Å². The number of allylic oxidation sites excluding steroid dienone is 3. The van der Waals surface area contributed by atoms with Crippen LogP contribution in [-0.4, -0.2) is 11.2 Å². The van der Waals surface area contributed by atoms with Crippen LogP contribution in [-0.2, 0) is 0 Å². The van der Waals surface area contributed by atoms with Crippen molar-refractivity contribution < 1.29 is 5.11 Å². The lowest BCUT2D eigenvalue weighted by Gasteiger charge is -2.44. The van der Waals surface area contributed by atoms with Crippen molar-refractivity contribution in [1.29, 1.82) is 0 Å². The zero-order valence-corrected chi connectivity index (χ0v) is 21.0. The van der Waals surface area contributed by atoms with Gasteiger partial charge in [-0.2, -0.15) is 0 Å². The van der Waals surface area contributed by atoms with Gasteiger partial charge in [-0.05, 0) is 86.0 Å². The van der Waals surface area contributed by atoms with Gasteiger partial charge in [-0.15, -0.1) is 0 Å². The van der Waals surface area contributed by atoms with Crippen molar-refractivity contribution in [3.8, 4) is 0 Å². The lowest BCUT2D eigenvalue weighted by molar-refractivity contribution is 0.0929. The van der Waals surface area contributed by atoms with Crippen LogP contribution in [0.1, 0.15) is 112 Å². The maximum Gasteiger partial charge on any atom is 0.0784 e. The van der Waals surface area contributed by atoms with Gasteiger partial charge in [0.2, 0.25) is 0 Å². The molecule has 172 valence electrons. The summed E-state index contributed by atoms with van der Waals surface area (Å²) in [5, 5.41) is 10.1. The van der Waals surface area contributed by atoms with Crippen molar-refractivity contribution in [2.75, 3.05) is 0 Å². The molecule has 5 atom stereocenters. The Morgan fingerprint density at radius 2 is 1.80 bits per heavy atom. The normalized spacial score (nSPS) is 35.3. The van der Waals surface area contributed by atoms with Crippen LogP contribution >= 0.6 is 0 Å². The van der Waals surface area contributed by atoms with Crippen molar-refractivity contribution in [2.45, 2.75) is 118 Å². The fourth-order valence-corrected chi connectivity index (χ4v) is 6.62. The first kappa shape index (κ1) is 25.4. The lowest BCUT2D eigenvalue weighted by Crippen LogP contribution is -2.36. The third-order valence-electron chi connectivity index (χ3n) is 8.39. The van der Waals surface area contributed by atoms with E-state index in [-0.39, 0.29) is 6.10 Å². The van der Waals surface area contributed by atoms with Crippen LogP contribution in [0.3, 0.4) is 0 Å². The summed E-state index contributed by atoms with van der Waals surface area (Å²) in [6, 6.07) is 0. The largest absolute Gasteiger partial charge is 0.388 e. The predicted molar refractivity (Wildman–Crippen MR) is 133 cm³/mol. The monoisotopic (exact) mass is 414 g/mol. The second-order valence-corrected chi connectivity index (χ2v) is 10.8. The molecule has 0 aromatic rings. The molecule has 3 fully saturated rings. The van der Waals surface area contributed by atoms with Gasteiger partial charge in [-0.1, -0.05) is 90.7 Å². The van der Waals surface area contributed by atoms with Crippen molar-refractivity contribution >= 4 is 0 Å². The summed E-state index contributed by atoms with van der Waals surface area (Å²) in [5.74, 6) is 3.40. The predicted octanol–water partition coefficient (Wildman–Crippen LogP) is 8.65. The molecule has 3 aliphatic carbocycles. The molecule has 0 aliphatic heterocycles. The maximum absolute atomic E-state index is 10.1. The Kier molecular flexibility index (Phi) is 9.92. The Balaban J connectivity index is 0.00000155. The molecular formula is C29H50O. The first-order valence-electron chi connectivity index (χ1n) is 13.1. The number of aliphatic hydroxyl groups excluding tert-OH is 1. The fraction of sp³-hybridized carbons (Fsp3) is 0.793. The van der Waals surface area contributed by atoms with E-state index < -0.39 is 0 Å². The van der Waals surface area contributed by atoms with E-state index in [0.717, 1.165) is 48.5 Å². The van der Waals surface area contributed by atoms with Gasteiger partial charge in [0.25, 0.3) is 0 Å². The van der Waals surface area contributed by atoms with Gasteiger partial charge in [0.05, 0.1) is 6.10 Å². The summed E-state index contributed by atoms with van der Waals surface area (Å²) in [6.45, 7) is 17.9. The summed E-state index contributed by atoms with van der Waals surface area (Å²) in [5.41, 5.74) is 4.65. The average Bonchev–Trinajstić information content (AvgIpc) is 3.07. The van der Waals surface area contributed by atoms with Gasteiger partial charge in [-0.25, -0.2) is 0 Å². The molecule has 0 saturated heterocycles. The van der Waals surface area contributed by atoms with Gasteiger partial charge < -0.3 is 5.11 Å². The average molecular weight is 415 g/mol. The van der Waals surface area contributed by atoms with E-state index in [4.69, 9.17) is 0 Å². The van der Waals surface area contributed by atoms with Gasteiger partial charge in [-0.3, -0.25) is 0 Å². The van der Waals surface area contributed by atoms with Crippen molar-refractivity contribution in [2.24, 2.45) is 29.1 Å². The standard InChI is InChI=1S/C27H44O.C2H6/c1-19(2)8-6-9-20(3)24-15-16-25-23(10-7-17-27(24,25)5)14-13-22-12-11-21(4)26(28)18-22;1-2/h13-14,19-20,24-26,28H,4,6-12,15-18H2,1-3,5H3;1-2H3/b22-13-,23-14+;/t20-,24?,25?,26?,27?;/m1./s1. The SMILES string of the molecule is C=C1CC/C(=C/C=C2\CCCC3(C)C2CCC3[C@H](C)CCCC(C)C)CC1O.CC. The van der Waals surface area contributed by atoms with E-state index in [1.807, 2.05) is 13.8 Å². The third kappa shape index (κ3) is 6.12. The molecule has 0 radical (unpaired) electrons. The number of hydrogen-bond donors (Lipinski definition) is 1. The first-order valence-corrected chi connectivity index (χ1v) is 13.1. The van der Waals surface area contributed by atoms with Crippen LogP contribution in [0.4, 0.5) is 0 Å². The Morgan fingerprint density at radius 1 is 1.07 bits per heavy atom. The van der Waals surface area contributed by atoms with E-state index in [1.165, 1.54) is 56.9 Å². The molecule has 3 rings (SSSR count). The number of fused-ring (bicyclic) bond motifs is 1. The Labute approximate surface area is 188 Å². The van der Waals surface area contributed by atoms with Gasteiger partial charge >= 0.3 is 0 Å². The maximum atomic E-state index is 10.1. The molecule has 0 heterocycles. The molecule has 0 bridgehead atoms. The number of rotatable bonds is 6. The highest BCUT2D eigenvalue weighted by Gasteiger charge is 2.50. The molecule has 3 saturated carbocycles. The fourth-order valence-electron chi connectivity index (χ4n) is 6.62.